The Labute approximate surface area is 131 Å². The van der Waals surface area contributed by atoms with Gasteiger partial charge in [0.2, 0.25) is 5.91 Å². The van der Waals surface area contributed by atoms with Crippen molar-refractivity contribution in [3.63, 3.8) is 0 Å². The molecule has 0 saturated heterocycles. The van der Waals surface area contributed by atoms with E-state index in [1.54, 1.807) is 25.5 Å². The molecule has 1 atom stereocenters. The minimum absolute atomic E-state index is 0.102. The second-order valence-corrected chi connectivity index (χ2v) is 5.24. The largest absolute Gasteiger partial charge is 0.416 e. The summed E-state index contributed by atoms with van der Waals surface area (Å²) in [6.45, 7) is 1.80. The van der Waals surface area contributed by atoms with Crippen LogP contribution in [-0.4, -0.2) is 21.9 Å². The molecule has 0 bridgehead atoms. The predicted molar refractivity (Wildman–Crippen MR) is 78.5 cm³/mol. The Hall–Kier alpha value is -2.44. The molecule has 1 aromatic heterocycles. The highest BCUT2D eigenvalue weighted by atomic mass is 19.4. The smallest absolute Gasteiger partial charge is 0.353 e. The van der Waals surface area contributed by atoms with Crippen molar-refractivity contribution in [1.82, 2.24) is 15.3 Å². The molecule has 0 aliphatic heterocycles. The van der Waals surface area contributed by atoms with Gasteiger partial charge in [-0.15, -0.1) is 0 Å². The molecule has 0 fully saturated rings. The maximum absolute atomic E-state index is 12.6. The molecule has 1 N–H and O–H groups in total. The van der Waals surface area contributed by atoms with E-state index in [2.05, 4.69) is 15.3 Å². The van der Waals surface area contributed by atoms with Crippen LogP contribution < -0.4 is 5.32 Å². The summed E-state index contributed by atoms with van der Waals surface area (Å²) in [6.07, 6.45) is 0.713. The van der Waals surface area contributed by atoms with Crippen LogP contribution in [0.3, 0.4) is 0 Å². The summed E-state index contributed by atoms with van der Waals surface area (Å²) in [6, 6.07) is 4.59. The van der Waals surface area contributed by atoms with Gasteiger partial charge in [-0.2, -0.15) is 13.2 Å². The number of alkyl halides is 3. The van der Waals surface area contributed by atoms with Gasteiger partial charge in [-0.05, 0) is 18.6 Å². The third-order valence-electron chi connectivity index (χ3n) is 3.16. The predicted octanol–water partition coefficient (Wildman–Crippen LogP) is 2.79. The van der Waals surface area contributed by atoms with Gasteiger partial charge in [0.1, 0.15) is 0 Å². The molecule has 0 aliphatic carbocycles. The van der Waals surface area contributed by atoms with Crippen LogP contribution in [0.4, 0.5) is 13.2 Å². The lowest BCUT2D eigenvalue weighted by molar-refractivity contribution is -0.137. The molecule has 23 heavy (non-hydrogen) atoms. The fourth-order valence-corrected chi connectivity index (χ4v) is 2.17. The number of nitrogens with one attached hydrogen (secondary N) is 1. The average molecular weight is 323 g/mol. The minimum Gasteiger partial charge on any atom is -0.353 e. The first-order valence-electron chi connectivity index (χ1n) is 7.05. The van der Waals surface area contributed by atoms with Crippen molar-refractivity contribution in [3.05, 3.63) is 59.7 Å². The molecule has 4 nitrogen and oxygen atoms in total. The molecule has 122 valence electrons. The first kappa shape index (κ1) is 16.9. The van der Waals surface area contributed by atoms with Crippen molar-refractivity contribution in [1.29, 1.82) is 0 Å². The molecule has 1 heterocycles. The molecule has 2 rings (SSSR count). The quantitative estimate of drug-likeness (QED) is 0.920. The number of carbonyl (C=O) groups excluding carboxylic acids is 1. The fraction of sp³-hybridized carbons (Fsp3) is 0.312. The van der Waals surface area contributed by atoms with Gasteiger partial charge in [0.15, 0.2) is 0 Å². The van der Waals surface area contributed by atoms with Gasteiger partial charge in [0, 0.05) is 31.1 Å². The zero-order valence-corrected chi connectivity index (χ0v) is 12.5. The van der Waals surface area contributed by atoms with Crippen molar-refractivity contribution in [2.75, 3.05) is 0 Å². The van der Waals surface area contributed by atoms with E-state index in [1.807, 2.05) is 0 Å². The van der Waals surface area contributed by atoms with E-state index >= 15 is 0 Å². The number of halogens is 3. The van der Waals surface area contributed by atoms with Gasteiger partial charge < -0.3 is 5.32 Å². The number of hydrogen-bond acceptors (Lipinski definition) is 3. The Morgan fingerprint density at radius 3 is 2.74 bits per heavy atom. The third kappa shape index (κ3) is 5.36. The van der Waals surface area contributed by atoms with E-state index in [9.17, 15) is 18.0 Å². The average Bonchev–Trinajstić information content (AvgIpc) is 2.47. The Kier molecular flexibility index (Phi) is 5.31. The number of benzene rings is 1. The van der Waals surface area contributed by atoms with E-state index < -0.39 is 11.7 Å². The third-order valence-corrected chi connectivity index (χ3v) is 3.16. The van der Waals surface area contributed by atoms with Gasteiger partial charge in [-0.3, -0.25) is 14.8 Å². The van der Waals surface area contributed by atoms with Crippen LogP contribution >= 0.6 is 0 Å². The lowest BCUT2D eigenvalue weighted by Crippen LogP contribution is -2.35. The lowest BCUT2D eigenvalue weighted by Gasteiger charge is -2.14. The van der Waals surface area contributed by atoms with Crippen LogP contribution in [0.2, 0.25) is 0 Å². The number of rotatable bonds is 5. The Morgan fingerprint density at radius 2 is 2.09 bits per heavy atom. The summed E-state index contributed by atoms with van der Waals surface area (Å²) < 4.78 is 37.9. The second-order valence-electron chi connectivity index (χ2n) is 5.24. The van der Waals surface area contributed by atoms with Crippen molar-refractivity contribution >= 4 is 5.91 Å². The second kappa shape index (κ2) is 7.21. The van der Waals surface area contributed by atoms with E-state index in [0.717, 1.165) is 17.8 Å². The topological polar surface area (TPSA) is 54.9 Å². The van der Waals surface area contributed by atoms with Crippen LogP contribution in [0.1, 0.15) is 23.7 Å². The molecule has 7 heteroatoms. The molecule has 1 unspecified atom stereocenters. The SMILES string of the molecule is CC(Cc1cnccn1)NC(=O)Cc1cccc(C(F)(F)F)c1. The highest BCUT2D eigenvalue weighted by Crippen LogP contribution is 2.29. The number of carbonyl (C=O) groups is 1. The van der Waals surface area contributed by atoms with Crippen molar-refractivity contribution < 1.29 is 18.0 Å². The van der Waals surface area contributed by atoms with E-state index in [-0.39, 0.29) is 18.4 Å². The van der Waals surface area contributed by atoms with Crippen LogP contribution in [-0.2, 0) is 23.8 Å². The number of amides is 1. The molecule has 2 aromatic rings. The summed E-state index contributed by atoms with van der Waals surface area (Å²) in [4.78, 5) is 20.0. The molecule has 1 amide bonds. The summed E-state index contributed by atoms with van der Waals surface area (Å²) in [5.74, 6) is -0.333. The maximum atomic E-state index is 12.6. The highest BCUT2D eigenvalue weighted by Gasteiger charge is 2.30. The zero-order chi connectivity index (χ0) is 16.9. The lowest BCUT2D eigenvalue weighted by atomic mass is 10.1. The number of aromatic nitrogens is 2. The van der Waals surface area contributed by atoms with Gasteiger partial charge in [0.05, 0.1) is 17.7 Å². The summed E-state index contributed by atoms with van der Waals surface area (Å²) >= 11 is 0. The normalized spacial score (nSPS) is 12.7. The van der Waals surface area contributed by atoms with E-state index in [4.69, 9.17) is 0 Å². The highest BCUT2D eigenvalue weighted by molar-refractivity contribution is 5.78. The number of nitrogens with zero attached hydrogens (tertiary/aromatic N) is 2. The molecule has 0 saturated carbocycles. The number of hydrogen-bond donors (Lipinski definition) is 1. The molecular formula is C16H16F3N3O. The molecular weight excluding hydrogens is 307 g/mol. The van der Waals surface area contributed by atoms with Crippen LogP contribution in [0.25, 0.3) is 0 Å². The molecule has 0 radical (unpaired) electrons. The summed E-state index contributed by atoms with van der Waals surface area (Å²) in [7, 11) is 0. The molecule has 1 aromatic carbocycles. The van der Waals surface area contributed by atoms with E-state index in [0.29, 0.717) is 12.0 Å². The molecule has 0 spiro atoms. The van der Waals surface area contributed by atoms with Gasteiger partial charge >= 0.3 is 6.18 Å². The summed E-state index contributed by atoms with van der Waals surface area (Å²) in [5.41, 5.74) is 0.304. The van der Waals surface area contributed by atoms with Gasteiger partial charge in [-0.25, -0.2) is 0 Å². The Bertz CT molecular complexity index is 659. The van der Waals surface area contributed by atoms with Crippen LogP contribution in [0.15, 0.2) is 42.9 Å². The first-order chi connectivity index (χ1) is 10.8. The van der Waals surface area contributed by atoms with Gasteiger partial charge in [0.25, 0.3) is 0 Å². The van der Waals surface area contributed by atoms with Gasteiger partial charge in [-0.1, -0.05) is 18.2 Å². The Balaban J connectivity index is 1.92. The minimum atomic E-state index is -4.41. The standard InChI is InChI=1S/C16H16F3N3O/c1-11(7-14-10-20-5-6-21-14)22-15(23)9-12-3-2-4-13(8-12)16(17,18)19/h2-6,8,10-11H,7,9H2,1H3,(H,22,23). The fourth-order valence-electron chi connectivity index (χ4n) is 2.17. The first-order valence-corrected chi connectivity index (χ1v) is 7.05. The van der Waals surface area contributed by atoms with Crippen LogP contribution in [0, 0.1) is 0 Å². The molecule has 0 aliphatic rings. The van der Waals surface area contributed by atoms with Crippen molar-refractivity contribution in [3.8, 4) is 0 Å². The van der Waals surface area contributed by atoms with E-state index in [1.165, 1.54) is 12.1 Å². The summed E-state index contributed by atoms with van der Waals surface area (Å²) in [5, 5.41) is 2.75. The zero-order valence-electron chi connectivity index (χ0n) is 12.5. The van der Waals surface area contributed by atoms with Crippen LogP contribution in [0.5, 0.6) is 0 Å². The van der Waals surface area contributed by atoms with Crippen molar-refractivity contribution in [2.45, 2.75) is 32.0 Å². The van der Waals surface area contributed by atoms with Crippen molar-refractivity contribution in [2.24, 2.45) is 0 Å². The monoisotopic (exact) mass is 323 g/mol. The maximum Gasteiger partial charge on any atom is 0.416 e. The Morgan fingerprint density at radius 1 is 1.30 bits per heavy atom.